The van der Waals surface area contributed by atoms with Crippen LogP contribution < -0.4 is 10.1 Å². The summed E-state index contributed by atoms with van der Waals surface area (Å²) in [5.41, 5.74) is 1.42. The summed E-state index contributed by atoms with van der Waals surface area (Å²) in [7, 11) is 1.71. The lowest BCUT2D eigenvalue weighted by Gasteiger charge is -2.22. The number of halogens is 1. The van der Waals surface area contributed by atoms with Crippen molar-refractivity contribution in [3.05, 3.63) is 29.8 Å². The summed E-state index contributed by atoms with van der Waals surface area (Å²) in [6.07, 6.45) is 3.87. The summed E-state index contributed by atoms with van der Waals surface area (Å²) in [6, 6.07) is 8.44. The van der Waals surface area contributed by atoms with Gasteiger partial charge in [-0.25, -0.2) is 0 Å². The number of piperidine rings is 1. The number of nitrogens with one attached hydrogen (secondary N) is 1. The molecule has 1 aliphatic rings. The first-order valence-electron chi connectivity index (χ1n) is 5.72. The molecule has 1 fully saturated rings. The summed E-state index contributed by atoms with van der Waals surface area (Å²) >= 11 is 0. The standard InChI is InChI=1S/C13H19NO.ClH/c1-15-13-6-4-11(5-7-13)9-12-3-2-8-14-10-12;/h4-7,12,14H,2-3,8-10H2,1H3;1H. The van der Waals surface area contributed by atoms with Crippen molar-refractivity contribution >= 4 is 12.4 Å². The first-order valence-corrected chi connectivity index (χ1v) is 5.72. The van der Waals surface area contributed by atoms with Crippen LogP contribution in [0.1, 0.15) is 18.4 Å². The van der Waals surface area contributed by atoms with Crippen LogP contribution in [0.4, 0.5) is 0 Å². The van der Waals surface area contributed by atoms with Gasteiger partial charge in [0.2, 0.25) is 0 Å². The molecule has 0 bridgehead atoms. The molecule has 2 nitrogen and oxygen atoms in total. The summed E-state index contributed by atoms with van der Waals surface area (Å²) in [4.78, 5) is 0. The van der Waals surface area contributed by atoms with E-state index >= 15 is 0 Å². The maximum atomic E-state index is 5.15. The van der Waals surface area contributed by atoms with E-state index in [1.807, 2.05) is 12.1 Å². The van der Waals surface area contributed by atoms with Gasteiger partial charge in [-0.15, -0.1) is 12.4 Å². The van der Waals surface area contributed by atoms with Crippen LogP contribution in [-0.4, -0.2) is 20.2 Å². The van der Waals surface area contributed by atoms with Crippen molar-refractivity contribution in [1.82, 2.24) is 5.32 Å². The molecule has 0 aromatic heterocycles. The Morgan fingerprint density at radius 2 is 2.06 bits per heavy atom. The Hall–Kier alpha value is -0.730. The van der Waals surface area contributed by atoms with Crippen molar-refractivity contribution in [2.75, 3.05) is 20.2 Å². The topological polar surface area (TPSA) is 21.3 Å². The highest BCUT2D eigenvalue weighted by Crippen LogP contribution is 2.18. The Kier molecular flexibility index (Phi) is 5.64. The van der Waals surface area contributed by atoms with E-state index in [4.69, 9.17) is 4.74 Å². The van der Waals surface area contributed by atoms with Crippen LogP contribution in [0, 0.1) is 5.92 Å². The predicted molar refractivity (Wildman–Crippen MR) is 69.5 cm³/mol. The van der Waals surface area contributed by atoms with Gasteiger partial charge in [0, 0.05) is 0 Å². The largest absolute Gasteiger partial charge is 0.497 e. The molecule has 3 heteroatoms. The van der Waals surface area contributed by atoms with Gasteiger partial charge >= 0.3 is 0 Å². The number of hydrogen-bond donors (Lipinski definition) is 1. The SMILES string of the molecule is COc1ccc(CC2CCCNC2)cc1.Cl. The number of ether oxygens (including phenoxy) is 1. The second-order valence-electron chi connectivity index (χ2n) is 4.26. The van der Waals surface area contributed by atoms with E-state index in [9.17, 15) is 0 Å². The Morgan fingerprint density at radius 1 is 1.31 bits per heavy atom. The van der Waals surface area contributed by atoms with Gasteiger partial charge in [-0.1, -0.05) is 12.1 Å². The van der Waals surface area contributed by atoms with Crippen LogP contribution in [0.25, 0.3) is 0 Å². The molecule has 0 amide bonds. The predicted octanol–water partition coefficient (Wildman–Crippen LogP) is 2.66. The first kappa shape index (κ1) is 13.3. The highest BCUT2D eigenvalue weighted by molar-refractivity contribution is 5.85. The lowest BCUT2D eigenvalue weighted by molar-refractivity contribution is 0.375. The molecular formula is C13H20ClNO. The smallest absolute Gasteiger partial charge is 0.118 e. The van der Waals surface area contributed by atoms with Crippen LogP contribution in [0.2, 0.25) is 0 Å². The van der Waals surface area contributed by atoms with E-state index in [2.05, 4.69) is 17.4 Å². The molecular weight excluding hydrogens is 222 g/mol. The molecule has 1 heterocycles. The van der Waals surface area contributed by atoms with Gasteiger partial charge in [-0.3, -0.25) is 0 Å². The molecule has 1 unspecified atom stereocenters. The number of rotatable bonds is 3. The van der Waals surface area contributed by atoms with Gasteiger partial charge in [0.05, 0.1) is 7.11 Å². The molecule has 1 aliphatic heterocycles. The molecule has 1 aromatic carbocycles. The summed E-state index contributed by atoms with van der Waals surface area (Å²) < 4.78 is 5.15. The fourth-order valence-corrected chi connectivity index (χ4v) is 2.19. The minimum atomic E-state index is 0. The van der Waals surface area contributed by atoms with Crippen molar-refractivity contribution in [3.63, 3.8) is 0 Å². The molecule has 0 spiro atoms. The molecule has 90 valence electrons. The number of hydrogen-bond acceptors (Lipinski definition) is 2. The van der Waals surface area contributed by atoms with E-state index in [0.29, 0.717) is 0 Å². The van der Waals surface area contributed by atoms with Crippen molar-refractivity contribution in [2.45, 2.75) is 19.3 Å². The molecule has 16 heavy (non-hydrogen) atoms. The van der Waals surface area contributed by atoms with Gasteiger partial charge in [0.15, 0.2) is 0 Å². The minimum Gasteiger partial charge on any atom is -0.497 e. The van der Waals surface area contributed by atoms with Crippen LogP contribution in [0.5, 0.6) is 5.75 Å². The quantitative estimate of drug-likeness (QED) is 0.879. The van der Waals surface area contributed by atoms with Crippen LogP contribution in [0.3, 0.4) is 0 Å². The molecule has 1 N–H and O–H groups in total. The maximum Gasteiger partial charge on any atom is 0.118 e. The highest BCUT2D eigenvalue weighted by atomic mass is 35.5. The average Bonchev–Trinajstić information content (AvgIpc) is 2.31. The fourth-order valence-electron chi connectivity index (χ4n) is 2.19. The maximum absolute atomic E-state index is 5.15. The van der Waals surface area contributed by atoms with Gasteiger partial charge < -0.3 is 10.1 Å². The normalized spacial score (nSPS) is 19.9. The van der Waals surface area contributed by atoms with Crippen molar-refractivity contribution in [1.29, 1.82) is 0 Å². The fraction of sp³-hybridized carbons (Fsp3) is 0.538. The van der Waals surface area contributed by atoms with Gasteiger partial charge in [0.1, 0.15) is 5.75 Å². The van der Waals surface area contributed by atoms with E-state index in [-0.39, 0.29) is 12.4 Å². The van der Waals surface area contributed by atoms with E-state index in [0.717, 1.165) is 11.7 Å². The number of benzene rings is 1. The molecule has 0 saturated carbocycles. The van der Waals surface area contributed by atoms with Crippen LogP contribution in [-0.2, 0) is 6.42 Å². The zero-order valence-corrected chi connectivity index (χ0v) is 10.6. The lowest BCUT2D eigenvalue weighted by Crippen LogP contribution is -2.30. The van der Waals surface area contributed by atoms with Crippen molar-refractivity contribution in [3.8, 4) is 5.75 Å². The van der Waals surface area contributed by atoms with Gasteiger partial charge in [-0.2, -0.15) is 0 Å². The van der Waals surface area contributed by atoms with Crippen LogP contribution >= 0.6 is 12.4 Å². The Balaban J connectivity index is 0.00000128. The van der Waals surface area contributed by atoms with Crippen molar-refractivity contribution in [2.24, 2.45) is 5.92 Å². The third-order valence-corrected chi connectivity index (χ3v) is 3.08. The molecule has 1 saturated heterocycles. The second kappa shape index (κ2) is 6.77. The number of methoxy groups -OCH3 is 1. The van der Waals surface area contributed by atoms with Crippen LogP contribution in [0.15, 0.2) is 24.3 Å². The third kappa shape index (κ3) is 3.69. The van der Waals surface area contributed by atoms with E-state index < -0.39 is 0 Å². The monoisotopic (exact) mass is 241 g/mol. The van der Waals surface area contributed by atoms with E-state index in [1.54, 1.807) is 7.11 Å². The molecule has 1 aromatic rings. The van der Waals surface area contributed by atoms with Crippen molar-refractivity contribution < 1.29 is 4.74 Å². The zero-order chi connectivity index (χ0) is 10.5. The molecule has 2 rings (SSSR count). The molecule has 0 radical (unpaired) electrons. The first-order chi connectivity index (χ1) is 7.38. The molecule has 0 aliphatic carbocycles. The molecule has 1 atom stereocenters. The van der Waals surface area contributed by atoms with Gasteiger partial charge in [0.25, 0.3) is 0 Å². The van der Waals surface area contributed by atoms with E-state index in [1.165, 1.54) is 37.9 Å². The Labute approximate surface area is 104 Å². The summed E-state index contributed by atoms with van der Waals surface area (Å²) in [6.45, 7) is 2.37. The highest BCUT2D eigenvalue weighted by Gasteiger charge is 2.13. The third-order valence-electron chi connectivity index (χ3n) is 3.08. The lowest BCUT2D eigenvalue weighted by atomic mass is 9.92. The summed E-state index contributed by atoms with van der Waals surface area (Å²) in [5.74, 6) is 1.76. The summed E-state index contributed by atoms with van der Waals surface area (Å²) in [5, 5.41) is 3.45. The minimum absolute atomic E-state index is 0. The average molecular weight is 242 g/mol. The second-order valence-corrected chi connectivity index (χ2v) is 4.26. The Bertz CT molecular complexity index is 293. The van der Waals surface area contributed by atoms with Gasteiger partial charge in [-0.05, 0) is 56.0 Å². The zero-order valence-electron chi connectivity index (χ0n) is 9.74. The Morgan fingerprint density at radius 3 is 2.62 bits per heavy atom.